The lowest BCUT2D eigenvalue weighted by atomic mass is 10.1. The van der Waals surface area contributed by atoms with Gasteiger partial charge in [0, 0.05) is 18.4 Å². The van der Waals surface area contributed by atoms with Crippen LogP contribution in [-0.2, 0) is 9.59 Å². The average molecular weight is 317 g/mol. The number of benzene rings is 1. The lowest BCUT2D eigenvalue weighted by Crippen LogP contribution is -2.28. The molecule has 0 spiro atoms. The second-order valence-electron chi connectivity index (χ2n) is 5.76. The molecule has 1 atom stereocenters. The molecule has 1 amide bonds. The highest BCUT2D eigenvalue weighted by atomic mass is 16.4. The summed E-state index contributed by atoms with van der Waals surface area (Å²) in [5.41, 5.74) is 0.792. The monoisotopic (exact) mass is 317 g/mol. The molecule has 1 aromatic carbocycles. The Bertz CT molecular complexity index is 629. The minimum Gasteiger partial charge on any atom is -0.481 e. The van der Waals surface area contributed by atoms with E-state index in [0.29, 0.717) is 18.7 Å². The van der Waals surface area contributed by atoms with Crippen molar-refractivity contribution in [1.82, 2.24) is 5.32 Å². The zero-order valence-electron chi connectivity index (χ0n) is 13.4. The molecule has 2 aromatic rings. The Hall–Kier alpha value is -2.30. The van der Waals surface area contributed by atoms with Gasteiger partial charge < -0.3 is 14.8 Å². The third-order valence-electron chi connectivity index (χ3n) is 3.88. The van der Waals surface area contributed by atoms with Crippen LogP contribution >= 0.6 is 0 Å². The summed E-state index contributed by atoms with van der Waals surface area (Å²) in [7, 11) is 0. The van der Waals surface area contributed by atoms with Gasteiger partial charge in [-0.3, -0.25) is 9.59 Å². The quantitative estimate of drug-likeness (QED) is 0.691. The van der Waals surface area contributed by atoms with E-state index in [9.17, 15) is 9.59 Å². The normalized spacial score (nSPS) is 12.2. The number of hydrogen-bond acceptors (Lipinski definition) is 3. The molecular weight excluding hydrogens is 294 g/mol. The summed E-state index contributed by atoms with van der Waals surface area (Å²) in [6, 6.07) is 9.61. The molecule has 0 saturated carbocycles. The number of carboxylic acid groups (broad SMARTS) is 1. The van der Waals surface area contributed by atoms with Gasteiger partial charge in [0.25, 0.3) is 0 Å². The number of nitrogens with one attached hydrogen (secondary N) is 1. The third-order valence-corrected chi connectivity index (χ3v) is 3.88. The largest absolute Gasteiger partial charge is 0.481 e. The van der Waals surface area contributed by atoms with Gasteiger partial charge in [-0.05, 0) is 31.9 Å². The van der Waals surface area contributed by atoms with E-state index in [1.165, 1.54) is 0 Å². The second kappa shape index (κ2) is 8.36. The first-order valence-electron chi connectivity index (χ1n) is 8.06. The summed E-state index contributed by atoms with van der Waals surface area (Å²) in [6.45, 7) is 2.44. The first-order valence-corrected chi connectivity index (χ1v) is 8.06. The van der Waals surface area contributed by atoms with Gasteiger partial charge in [-0.25, -0.2) is 0 Å². The van der Waals surface area contributed by atoms with Crippen LogP contribution in [0.5, 0.6) is 0 Å². The average Bonchev–Trinajstić information content (AvgIpc) is 2.96. The molecule has 0 aliphatic carbocycles. The fourth-order valence-electron chi connectivity index (χ4n) is 2.46. The number of unbranched alkanes of at least 4 members (excludes halogenated alkanes) is 3. The molecule has 5 heteroatoms. The van der Waals surface area contributed by atoms with Gasteiger partial charge in [-0.2, -0.15) is 0 Å². The molecular formula is C18H23NO4. The van der Waals surface area contributed by atoms with Gasteiger partial charge in [-0.15, -0.1) is 0 Å². The molecule has 2 N–H and O–H groups in total. The van der Waals surface area contributed by atoms with E-state index in [0.717, 1.165) is 30.2 Å². The van der Waals surface area contributed by atoms with Crippen molar-refractivity contribution in [2.24, 2.45) is 0 Å². The van der Waals surface area contributed by atoms with Crippen molar-refractivity contribution in [2.75, 3.05) is 6.54 Å². The topological polar surface area (TPSA) is 79.5 Å². The number of fused-ring (bicyclic) bond motifs is 1. The molecule has 0 saturated heterocycles. The molecule has 1 unspecified atom stereocenters. The second-order valence-corrected chi connectivity index (χ2v) is 5.76. The Labute approximate surface area is 135 Å². The number of hydrogen-bond donors (Lipinski definition) is 2. The Morgan fingerprint density at radius 1 is 1.17 bits per heavy atom. The Balaban J connectivity index is 1.71. The molecule has 1 heterocycles. The molecule has 0 aliphatic heterocycles. The zero-order chi connectivity index (χ0) is 16.7. The maximum absolute atomic E-state index is 12.1. The molecule has 0 fully saturated rings. The molecule has 2 rings (SSSR count). The van der Waals surface area contributed by atoms with Crippen molar-refractivity contribution in [3.8, 4) is 0 Å². The minimum atomic E-state index is -0.752. The fourth-order valence-corrected chi connectivity index (χ4v) is 2.46. The predicted molar refractivity (Wildman–Crippen MR) is 88.4 cm³/mol. The Kier molecular flexibility index (Phi) is 6.20. The number of amides is 1. The van der Waals surface area contributed by atoms with Gasteiger partial charge in [0.05, 0.1) is 5.92 Å². The van der Waals surface area contributed by atoms with Crippen molar-refractivity contribution in [2.45, 2.75) is 44.9 Å². The SMILES string of the molecule is CC(C(=O)NCCCCCCC(=O)O)c1cc2ccccc2o1. The van der Waals surface area contributed by atoms with E-state index >= 15 is 0 Å². The Morgan fingerprint density at radius 3 is 2.65 bits per heavy atom. The molecule has 0 aliphatic rings. The number of carbonyl (C=O) groups excluding carboxylic acids is 1. The maximum atomic E-state index is 12.1. The number of aliphatic carboxylic acids is 1. The van der Waals surface area contributed by atoms with Gasteiger partial charge in [0.2, 0.25) is 5.91 Å². The summed E-state index contributed by atoms with van der Waals surface area (Å²) in [4.78, 5) is 22.5. The van der Waals surface area contributed by atoms with E-state index in [1.807, 2.05) is 37.3 Å². The molecule has 0 radical (unpaired) electrons. The summed E-state index contributed by atoms with van der Waals surface area (Å²) in [6.07, 6.45) is 3.57. The van der Waals surface area contributed by atoms with Crippen LogP contribution in [0.4, 0.5) is 0 Å². The molecule has 5 nitrogen and oxygen atoms in total. The third kappa shape index (κ3) is 5.13. The Morgan fingerprint density at radius 2 is 1.91 bits per heavy atom. The summed E-state index contributed by atoms with van der Waals surface area (Å²) in [5.74, 6) is -0.452. The van der Waals surface area contributed by atoms with Gasteiger partial charge in [0.15, 0.2) is 0 Å². The first-order chi connectivity index (χ1) is 11.1. The van der Waals surface area contributed by atoms with Gasteiger partial charge >= 0.3 is 5.97 Å². The first kappa shape index (κ1) is 17.1. The van der Waals surface area contributed by atoms with Crippen LogP contribution in [0, 0.1) is 0 Å². The number of para-hydroxylation sites is 1. The van der Waals surface area contributed by atoms with E-state index in [-0.39, 0.29) is 18.2 Å². The highest BCUT2D eigenvalue weighted by Crippen LogP contribution is 2.24. The van der Waals surface area contributed by atoms with Crippen molar-refractivity contribution in [3.05, 3.63) is 36.1 Å². The number of rotatable bonds is 9. The predicted octanol–water partition coefficient (Wildman–Crippen LogP) is 3.69. The van der Waals surface area contributed by atoms with Gasteiger partial charge in [0.1, 0.15) is 11.3 Å². The molecule has 124 valence electrons. The van der Waals surface area contributed by atoms with Crippen LogP contribution in [0.3, 0.4) is 0 Å². The van der Waals surface area contributed by atoms with Crippen LogP contribution in [0.15, 0.2) is 34.7 Å². The number of carbonyl (C=O) groups is 2. The van der Waals surface area contributed by atoms with E-state index in [1.54, 1.807) is 0 Å². The fraction of sp³-hybridized carbons (Fsp3) is 0.444. The van der Waals surface area contributed by atoms with Crippen LogP contribution in [0.1, 0.15) is 50.7 Å². The molecule has 0 bridgehead atoms. The lowest BCUT2D eigenvalue weighted by molar-refractivity contribution is -0.137. The van der Waals surface area contributed by atoms with Gasteiger partial charge in [-0.1, -0.05) is 31.0 Å². The zero-order valence-corrected chi connectivity index (χ0v) is 13.4. The van der Waals surface area contributed by atoms with Crippen LogP contribution in [0.25, 0.3) is 11.0 Å². The number of furan rings is 1. The highest BCUT2D eigenvalue weighted by molar-refractivity contribution is 5.85. The summed E-state index contributed by atoms with van der Waals surface area (Å²) in [5, 5.41) is 12.5. The van der Waals surface area contributed by atoms with Crippen LogP contribution in [-0.4, -0.2) is 23.5 Å². The van der Waals surface area contributed by atoms with Crippen molar-refractivity contribution in [3.63, 3.8) is 0 Å². The molecule has 23 heavy (non-hydrogen) atoms. The van der Waals surface area contributed by atoms with E-state index < -0.39 is 5.97 Å². The number of carboxylic acids is 1. The maximum Gasteiger partial charge on any atom is 0.303 e. The van der Waals surface area contributed by atoms with E-state index in [2.05, 4.69) is 5.32 Å². The van der Waals surface area contributed by atoms with E-state index in [4.69, 9.17) is 9.52 Å². The summed E-state index contributed by atoms with van der Waals surface area (Å²) < 4.78 is 5.72. The smallest absolute Gasteiger partial charge is 0.303 e. The molecule has 1 aromatic heterocycles. The standard InChI is InChI=1S/C18H23NO4/c1-13(16-12-14-8-5-6-9-15(14)23-16)18(22)19-11-7-3-2-4-10-17(20)21/h5-6,8-9,12-13H,2-4,7,10-11H2,1H3,(H,19,22)(H,20,21). The van der Waals surface area contributed by atoms with Crippen LogP contribution < -0.4 is 5.32 Å². The van der Waals surface area contributed by atoms with Crippen LogP contribution in [0.2, 0.25) is 0 Å². The lowest BCUT2D eigenvalue weighted by Gasteiger charge is -2.09. The minimum absolute atomic E-state index is 0.0467. The summed E-state index contributed by atoms with van der Waals surface area (Å²) >= 11 is 0. The van der Waals surface area contributed by atoms with Crippen molar-refractivity contribution < 1.29 is 19.1 Å². The van der Waals surface area contributed by atoms with Crippen molar-refractivity contribution in [1.29, 1.82) is 0 Å². The van der Waals surface area contributed by atoms with Crippen molar-refractivity contribution >= 4 is 22.8 Å². The highest BCUT2D eigenvalue weighted by Gasteiger charge is 2.18.